The van der Waals surface area contributed by atoms with E-state index < -0.39 is 11.8 Å². The largest absolute Gasteiger partial charge is 0.346 e. The maximum absolute atomic E-state index is 13.9. The molecule has 1 aliphatic heterocycles. The molecule has 1 aliphatic rings. The number of amides is 1. The summed E-state index contributed by atoms with van der Waals surface area (Å²) in [7, 11) is 0. The number of hydrogen-bond acceptors (Lipinski definition) is 1. The molecule has 0 saturated heterocycles. The average molecular weight is 299 g/mol. The number of carbonyl (C=O) groups is 1. The molecule has 2 aromatic rings. The van der Waals surface area contributed by atoms with Crippen LogP contribution in [0.2, 0.25) is 0 Å². The molecule has 0 aromatic heterocycles. The summed E-state index contributed by atoms with van der Waals surface area (Å²) < 4.78 is 27.8. The smallest absolute Gasteiger partial charge is 0.275 e. The molecule has 1 heterocycles. The van der Waals surface area contributed by atoms with Gasteiger partial charge in [0.25, 0.3) is 0 Å². The van der Waals surface area contributed by atoms with Gasteiger partial charge in [-0.25, -0.2) is 0 Å². The zero-order chi connectivity index (χ0) is 15.9. The highest BCUT2D eigenvalue weighted by atomic mass is 19.3. The fourth-order valence-corrected chi connectivity index (χ4v) is 2.44. The lowest BCUT2D eigenvalue weighted by Gasteiger charge is -2.21. The minimum Gasteiger partial charge on any atom is -0.275 e. The molecule has 1 amide bonds. The predicted molar refractivity (Wildman–Crippen MR) is 82.8 cm³/mol. The number of halogens is 2. The number of carbonyl (C=O) groups excluding carboxylic acids is 1. The van der Waals surface area contributed by atoms with E-state index in [1.165, 1.54) is 0 Å². The Morgan fingerprint density at radius 2 is 1.36 bits per heavy atom. The summed E-state index contributed by atoms with van der Waals surface area (Å²) >= 11 is 0. The second-order valence-electron chi connectivity index (χ2n) is 5.49. The summed E-state index contributed by atoms with van der Waals surface area (Å²) in [5, 5.41) is 0. The van der Waals surface area contributed by atoms with E-state index in [2.05, 4.69) is 0 Å². The molecule has 0 N–H and O–H groups in total. The van der Waals surface area contributed by atoms with Gasteiger partial charge < -0.3 is 0 Å². The number of anilines is 1. The van der Waals surface area contributed by atoms with Gasteiger partial charge in [0.1, 0.15) is 0 Å². The first-order valence-corrected chi connectivity index (χ1v) is 6.97. The molecule has 0 radical (unpaired) electrons. The van der Waals surface area contributed by atoms with Gasteiger partial charge in [-0.05, 0) is 31.5 Å². The van der Waals surface area contributed by atoms with Crippen LogP contribution in [0.25, 0.3) is 5.70 Å². The highest BCUT2D eigenvalue weighted by Crippen LogP contribution is 2.39. The van der Waals surface area contributed by atoms with Crippen molar-refractivity contribution in [3.63, 3.8) is 0 Å². The van der Waals surface area contributed by atoms with Gasteiger partial charge in [-0.1, -0.05) is 47.5 Å². The third-order valence-electron chi connectivity index (χ3n) is 3.69. The number of alkyl halides is 2. The molecule has 2 aromatic carbocycles. The molecule has 112 valence electrons. The monoisotopic (exact) mass is 299 g/mol. The van der Waals surface area contributed by atoms with Crippen molar-refractivity contribution in [1.82, 2.24) is 0 Å². The zero-order valence-corrected chi connectivity index (χ0v) is 12.3. The van der Waals surface area contributed by atoms with Gasteiger partial charge in [0.15, 0.2) is 0 Å². The maximum atomic E-state index is 13.9. The molecule has 0 fully saturated rings. The van der Waals surface area contributed by atoms with Gasteiger partial charge in [-0.3, -0.25) is 9.69 Å². The van der Waals surface area contributed by atoms with Crippen LogP contribution in [-0.4, -0.2) is 11.8 Å². The van der Waals surface area contributed by atoms with Gasteiger partial charge in [-0.15, -0.1) is 0 Å². The molecule has 2 nitrogen and oxygen atoms in total. The number of aryl methyl sites for hydroxylation is 2. The molecule has 4 heteroatoms. The van der Waals surface area contributed by atoms with Gasteiger partial charge >= 0.3 is 11.8 Å². The van der Waals surface area contributed by atoms with Crippen molar-refractivity contribution in [2.24, 2.45) is 0 Å². The fraction of sp³-hybridized carbons (Fsp3) is 0.167. The second-order valence-corrected chi connectivity index (χ2v) is 5.49. The van der Waals surface area contributed by atoms with Crippen LogP contribution in [-0.2, 0) is 4.79 Å². The van der Waals surface area contributed by atoms with Crippen LogP contribution in [0.5, 0.6) is 0 Å². The second kappa shape index (κ2) is 5.05. The highest BCUT2D eigenvalue weighted by Gasteiger charge is 2.48. The molecule has 0 atom stereocenters. The Bertz CT molecular complexity index is 746. The molecule has 0 unspecified atom stereocenters. The van der Waals surface area contributed by atoms with Crippen LogP contribution >= 0.6 is 0 Å². The Balaban J connectivity index is 2.10. The van der Waals surface area contributed by atoms with Crippen LogP contribution < -0.4 is 4.90 Å². The van der Waals surface area contributed by atoms with Gasteiger partial charge in [0, 0.05) is 11.8 Å². The molecule has 0 bridgehead atoms. The number of nitrogens with zero attached hydrogens (tertiary/aromatic N) is 1. The van der Waals surface area contributed by atoms with Crippen molar-refractivity contribution in [2.45, 2.75) is 19.8 Å². The van der Waals surface area contributed by atoms with E-state index in [4.69, 9.17) is 0 Å². The van der Waals surface area contributed by atoms with E-state index in [1.54, 1.807) is 36.4 Å². The van der Waals surface area contributed by atoms with Crippen LogP contribution in [0.3, 0.4) is 0 Å². The van der Waals surface area contributed by atoms with E-state index in [-0.39, 0.29) is 5.70 Å². The number of rotatable bonds is 2. The van der Waals surface area contributed by atoms with Gasteiger partial charge in [0.05, 0.1) is 5.70 Å². The van der Waals surface area contributed by atoms with Crippen molar-refractivity contribution in [1.29, 1.82) is 0 Å². The molecule has 22 heavy (non-hydrogen) atoms. The van der Waals surface area contributed by atoms with E-state index in [1.807, 2.05) is 26.0 Å². The summed E-state index contributed by atoms with van der Waals surface area (Å²) in [5.74, 6) is -4.70. The lowest BCUT2D eigenvalue weighted by Crippen LogP contribution is -2.34. The summed E-state index contributed by atoms with van der Waals surface area (Å²) in [6.45, 7) is 3.82. The van der Waals surface area contributed by atoms with Crippen LogP contribution in [0.15, 0.2) is 54.6 Å². The van der Waals surface area contributed by atoms with E-state index in [0.29, 0.717) is 11.3 Å². The molecule has 0 saturated carbocycles. The zero-order valence-electron chi connectivity index (χ0n) is 12.3. The van der Waals surface area contributed by atoms with E-state index in [0.717, 1.165) is 22.1 Å². The Morgan fingerprint density at radius 3 is 1.91 bits per heavy atom. The summed E-state index contributed by atoms with van der Waals surface area (Å²) in [6, 6.07) is 14.1. The minimum atomic E-state index is -3.48. The first kappa shape index (κ1) is 14.4. The van der Waals surface area contributed by atoms with Crippen LogP contribution in [0, 0.1) is 13.8 Å². The first-order valence-electron chi connectivity index (χ1n) is 6.97. The Kier molecular flexibility index (Phi) is 3.32. The average Bonchev–Trinajstić information content (AvgIpc) is 2.72. The maximum Gasteiger partial charge on any atom is 0.346 e. The first-order chi connectivity index (χ1) is 10.4. The summed E-state index contributed by atoms with van der Waals surface area (Å²) in [5.41, 5.74) is 3.29. The SMILES string of the molecule is Cc1ccc(C2=CC(F)(F)C(=O)N2c2ccc(C)cc2)cc1. The van der Waals surface area contributed by atoms with Crippen molar-refractivity contribution in [3.8, 4) is 0 Å². The topological polar surface area (TPSA) is 20.3 Å². The lowest BCUT2D eigenvalue weighted by molar-refractivity contribution is -0.134. The summed E-state index contributed by atoms with van der Waals surface area (Å²) in [4.78, 5) is 13.2. The van der Waals surface area contributed by atoms with Crippen LogP contribution in [0.1, 0.15) is 16.7 Å². The Hall–Kier alpha value is -2.49. The van der Waals surface area contributed by atoms with Crippen molar-refractivity contribution >= 4 is 17.3 Å². The third-order valence-corrected chi connectivity index (χ3v) is 3.69. The lowest BCUT2D eigenvalue weighted by atomic mass is 10.1. The van der Waals surface area contributed by atoms with E-state index in [9.17, 15) is 13.6 Å². The Morgan fingerprint density at radius 1 is 0.864 bits per heavy atom. The third kappa shape index (κ3) is 2.41. The molecular formula is C18H15F2NO. The predicted octanol–water partition coefficient (Wildman–Crippen LogP) is 4.33. The van der Waals surface area contributed by atoms with Crippen molar-refractivity contribution in [3.05, 3.63) is 71.3 Å². The Labute approximate surface area is 127 Å². The standard InChI is InChI=1S/C18H15F2NO/c1-12-3-7-14(8-4-12)16-11-18(19,20)17(22)21(16)15-9-5-13(2)6-10-15/h3-11H,1-2H3. The minimum absolute atomic E-state index is 0.221. The highest BCUT2D eigenvalue weighted by molar-refractivity contribution is 6.15. The number of benzene rings is 2. The normalized spacial score (nSPS) is 16.8. The molecule has 0 aliphatic carbocycles. The molecular weight excluding hydrogens is 284 g/mol. The number of hydrogen-bond donors (Lipinski definition) is 0. The summed E-state index contributed by atoms with van der Waals surface area (Å²) in [6.07, 6.45) is 0.736. The van der Waals surface area contributed by atoms with Crippen LogP contribution in [0.4, 0.5) is 14.5 Å². The van der Waals surface area contributed by atoms with E-state index >= 15 is 0 Å². The fourth-order valence-electron chi connectivity index (χ4n) is 2.44. The quantitative estimate of drug-likeness (QED) is 0.808. The van der Waals surface area contributed by atoms with Gasteiger partial charge in [-0.2, -0.15) is 8.78 Å². The molecule has 0 spiro atoms. The van der Waals surface area contributed by atoms with Crippen molar-refractivity contribution in [2.75, 3.05) is 4.90 Å². The van der Waals surface area contributed by atoms with Crippen molar-refractivity contribution < 1.29 is 13.6 Å². The molecule has 3 rings (SSSR count). The van der Waals surface area contributed by atoms with Gasteiger partial charge in [0.2, 0.25) is 0 Å².